The third-order valence-electron chi connectivity index (χ3n) is 7.38. The lowest BCUT2D eigenvalue weighted by Gasteiger charge is -2.19. The third-order valence-corrected chi connectivity index (χ3v) is 7.69. The largest absolute Gasteiger partial charge is 0.489 e. The molecule has 5 rings (SSSR count). The number of likely N-dealkylation sites (tertiary alicyclic amines) is 1. The van der Waals surface area contributed by atoms with Crippen LogP contribution in [0.2, 0.25) is 5.02 Å². The molecule has 1 aliphatic carbocycles. The van der Waals surface area contributed by atoms with Crippen molar-refractivity contribution in [3.63, 3.8) is 0 Å². The van der Waals surface area contributed by atoms with Gasteiger partial charge in [-0.3, -0.25) is 14.1 Å². The normalized spacial score (nSPS) is 17.8. The van der Waals surface area contributed by atoms with Gasteiger partial charge in [0.1, 0.15) is 17.7 Å². The molecule has 1 aliphatic heterocycles. The smallest absolute Gasteiger partial charge is 0.248 e. The first-order valence-corrected chi connectivity index (χ1v) is 13.5. The van der Waals surface area contributed by atoms with Crippen molar-refractivity contribution in [1.82, 2.24) is 4.90 Å². The summed E-state index contributed by atoms with van der Waals surface area (Å²) in [6, 6.07) is 18.5. The first-order valence-electron chi connectivity index (χ1n) is 13.1. The Morgan fingerprint density at radius 2 is 1.84 bits per heavy atom. The quantitative estimate of drug-likeness (QED) is 0.349. The molecule has 198 valence electrons. The highest BCUT2D eigenvalue weighted by atomic mass is 35.5. The van der Waals surface area contributed by atoms with Crippen LogP contribution in [0.25, 0.3) is 11.1 Å². The van der Waals surface area contributed by atoms with Gasteiger partial charge in [0.05, 0.1) is 11.7 Å². The lowest BCUT2D eigenvalue weighted by Crippen LogP contribution is -2.26. The number of hydrogen-bond acceptors (Lipinski definition) is 3. The molecule has 0 bridgehead atoms. The van der Waals surface area contributed by atoms with Crippen LogP contribution in [0.5, 0.6) is 5.75 Å². The first kappa shape index (κ1) is 26.4. The molecule has 0 aromatic heterocycles. The van der Waals surface area contributed by atoms with Crippen LogP contribution in [-0.4, -0.2) is 43.2 Å². The van der Waals surface area contributed by atoms with Gasteiger partial charge in [-0.2, -0.15) is 0 Å². The monoisotopic (exact) mass is 536 g/mol. The van der Waals surface area contributed by atoms with E-state index < -0.39 is 11.7 Å². The number of nitrogens with zero attached hydrogens (tertiary/aromatic N) is 1. The summed E-state index contributed by atoms with van der Waals surface area (Å²) in [7, 11) is 0. The molecule has 1 saturated heterocycles. The zero-order valence-corrected chi connectivity index (χ0v) is 21.9. The molecule has 1 heterocycles. The van der Waals surface area contributed by atoms with Crippen molar-refractivity contribution in [1.29, 1.82) is 0 Å². The number of carbonyl (C=O) groups excluding carboxylic acids is 1. The number of amides is 1. The summed E-state index contributed by atoms with van der Waals surface area (Å²) in [6.45, 7) is 2.18. The minimum absolute atomic E-state index is 0.0816. The van der Waals surface area contributed by atoms with Crippen molar-refractivity contribution in [3.05, 3.63) is 99.3 Å². The van der Waals surface area contributed by atoms with E-state index in [1.54, 1.807) is 12.1 Å². The Morgan fingerprint density at radius 1 is 1.05 bits per heavy atom. The lowest BCUT2D eigenvalue weighted by atomic mass is 9.87. The van der Waals surface area contributed by atoms with Crippen LogP contribution >= 0.6 is 11.6 Å². The average molecular weight is 537 g/mol. The van der Waals surface area contributed by atoms with Crippen LogP contribution in [0.3, 0.4) is 0 Å². The van der Waals surface area contributed by atoms with Crippen molar-refractivity contribution in [3.8, 4) is 5.75 Å². The molecule has 2 aliphatic rings. The number of primary amides is 1. The van der Waals surface area contributed by atoms with E-state index in [1.165, 1.54) is 6.07 Å². The van der Waals surface area contributed by atoms with Crippen molar-refractivity contribution < 1.29 is 18.3 Å². The molecular weight excluding hydrogens is 506 g/mol. The third kappa shape index (κ3) is 5.77. The van der Waals surface area contributed by atoms with Gasteiger partial charge in [0.15, 0.2) is 0 Å². The molecule has 1 amide bonds. The second-order valence-electron chi connectivity index (χ2n) is 9.97. The van der Waals surface area contributed by atoms with Crippen LogP contribution < -0.4 is 10.5 Å². The Labute approximate surface area is 227 Å². The predicted octanol–water partition coefficient (Wildman–Crippen LogP) is 6.69. The van der Waals surface area contributed by atoms with Crippen LogP contribution in [-0.2, 0) is 6.42 Å². The Kier molecular flexibility index (Phi) is 8.10. The Morgan fingerprint density at radius 3 is 2.58 bits per heavy atom. The molecule has 0 spiro atoms. The number of rotatable bonds is 8. The molecule has 3 aromatic carbocycles. The van der Waals surface area contributed by atoms with Crippen molar-refractivity contribution >= 4 is 28.7 Å². The van der Waals surface area contributed by atoms with Gasteiger partial charge in [-0.25, -0.2) is 4.39 Å². The van der Waals surface area contributed by atoms with Crippen LogP contribution in [0.15, 0.2) is 60.7 Å². The maximum atomic E-state index is 14.5. The van der Waals surface area contributed by atoms with E-state index in [-0.39, 0.29) is 17.8 Å². The molecule has 7 heteroatoms. The standard InChI is InChI=1S/C31H31ClF2N2O2/c32-28-12-8-22(18-29(28)34)26-4-1-3-21-17-23(31(35)37)7-11-27(21)30(26)20-5-9-24(10-6-20)38-25-13-16-36(19-25)15-2-14-33/h5-12,17-18,25H,1-4,13-16,19H2,(H2,35,37)/t25-/m0/s1. The summed E-state index contributed by atoms with van der Waals surface area (Å²) >= 11 is 5.99. The van der Waals surface area contributed by atoms with E-state index in [0.29, 0.717) is 12.0 Å². The van der Waals surface area contributed by atoms with Crippen LogP contribution in [0, 0.1) is 5.82 Å². The topological polar surface area (TPSA) is 55.6 Å². The van der Waals surface area contributed by atoms with Gasteiger partial charge in [-0.1, -0.05) is 35.9 Å². The molecule has 0 saturated carbocycles. The Balaban J connectivity index is 1.50. The maximum absolute atomic E-state index is 14.5. The number of fused-ring (bicyclic) bond motifs is 1. The Bertz CT molecular complexity index is 1360. The van der Waals surface area contributed by atoms with Crippen LogP contribution in [0.1, 0.15) is 58.3 Å². The number of halogens is 3. The molecule has 0 radical (unpaired) electrons. The van der Waals surface area contributed by atoms with Gasteiger partial charge in [0, 0.05) is 25.2 Å². The second kappa shape index (κ2) is 11.7. The minimum Gasteiger partial charge on any atom is -0.489 e. The zero-order valence-electron chi connectivity index (χ0n) is 21.2. The van der Waals surface area contributed by atoms with Gasteiger partial charge in [0.25, 0.3) is 0 Å². The molecule has 38 heavy (non-hydrogen) atoms. The number of ether oxygens (including phenoxy) is 1. The molecule has 2 N–H and O–H groups in total. The summed E-state index contributed by atoms with van der Waals surface area (Å²) in [6.07, 6.45) is 3.92. The summed E-state index contributed by atoms with van der Waals surface area (Å²) in [5, 5.41) is 0.0905. The van der Waals surface area contributed by atoms with E-state index in [2.05, 4.69) is 4.90 Å². The SMILES string of the molecule is NC(=O)c1ccc2c(c1)CCCC(c1ccc(Cl)c(F)c1)=C2c1ccc(O[C@H]2CCN(CCCF)C2)cc1. The lowest BCUT2D eigenvalue weighted by molar-refractivity contribution is 0.1000. The number of nitrogens with two attached hydrogens (primary N) is 1. The average Bonchev–Trinajstić information content (AvgIpc) is 3.27. The van der Waals surface area contributed by atoms with E-state index in [9.17, 15) is 13.6 Å². The predicted molar refractivity (Wildman–Crippen MR) is 148 cm³/mol. The second-order valence-corrected chi connectivity index (χ2v) is 10.4. The summed E-state index contributed by atoms with van der Waals surface area (Å²) in [5.41, 5.74) is 11.9. The van der Waals surface area contributed by atoms with Crippen molar-refractivity contribution in [2.75, 3.05) is 26.3 Å². The van der Waals surface area contributed by atoms with Gasteiger partial charge >= 0.3 is 0 Å². The number of carbonyl (C=O) groups is 1. The molecule has 3 aromatic rings. The van der Waals surface area contributed by atoms with Gasteiger partial charge < -0.3 is 10.5 Å². The molecule has 1 atom stereocenters. The van der Waals surface area contributed by atoms with E-state index in [0.717, 1.165) is 84.5 Å². The highest BCUT2D eigenvalue weighted by Gasteiger charge is 2.25. The van der Waals surface area contributed by atoms with Crippen molar-refractivity contribution in [2.45, 2.75) is 38.2 Å². The van der Waals surface area contributed by atoms with E-state index in [1.807, 2.05) is 42.5 Å². The van der Waals surface area contributed by atoms with E-state index >= 15 is 0 Å². The molecule has 4 nitrogen and oxygen atoms in total. The van der Waals surface area contributed by atoms with Gasteiger partial charge in [-0.15, -0.1) is 0 Å². The fourth-order valence-electron chi connectivity index (χ4n) is 5.52. The number of hydrogen-bond donors (Lipinski definition) is 1. The highest BCUT2D eigenvalue weighted by molar-refractivity contribution is 6.30. The van der Waals surface area contributed by atoms with E-state index in [4.69, 9.17) is 22.1 Å². The summed E-state index contributed by atoms with van der Waals surface area (Å²) in [5.74, 6) is -0.131. The minimum atomic E-state index is -0.459. The van der Waals surface area contributed by atoms with Gasteiger partial charge in [-0.05, 0) is 102 Å². The molecule has 0 unspecified atom stereocenters. The Hall–Kier alpha value is -3.22. The molecular formula is C31H31ClF2N2O2. The van der Waals surface area contributed by atoms with Crippen molar-refractivity contribution in [2.24, 2.45) is 5.73 Å². The number of aryl methyl sites for hydroxylation is 1. The number of alkyl halides is 1. The maximum Gasteiger partial charge on any atom is 0.248 e. The highest BCUT2D eigenvalue weighted by Crippen LogP contribution is 2.41. The van der Waals surface area contributed by atoms with Crippen LogP contribution in [0.4, 0.5) is 8.78 Å². The number of allylic oxidation sites excluding steroid dienone is 1. The summed E-state index contributed by atoms with van der Waals surface area (Å²) in [4.78, 5) is 14.1. The summed E-state index contributed by atoms with van der Waals surface area (Å²) < 4.78 is 33.3. The van der Waals surface area contributed by atoms with Gasteiger partial charge in [0.2, 0.25) is 5.91 Å². The fraction of sp³-hybridized carbons (Fsp3) is 0.323. The molecule has 1 fully saturated rings. The first-order chi connectivity index (χ1) is 18.4. The fourth-order valence-corrected chi connectivity index (χ4v) is 5.63. The number of benzene rings is 3. The zero-order chi connectivity index (χ0) is 26.6.